The first-order valence-electron chi connectivity index (χ1n) is 5.81. The molecule has 5 heteroatoms. The maximum atomic E-state index is 9.41. The van der Waals surface area contributed by atoms with E-state index in [-0.39, 0.29) is 6.61 Å². The van der Waals surface area contributed by atoms with E-state index in [1.807, 2.05) is 46.6 Å². The van der Waals surface area contributed by atoms with Crippen molar-refractivity contribution in [2.45, 2.75) is 13.2 Å². The molecular formula is C13H14N4O. The zero-order valence-electron chi connectivity index (χ0n) is 10.1. The Hall–Kier alpha value is -2.14. The standard InChI is InChI=1S/C13H14N4O/c1-16-10(6-7-14-16)8-17-12-5-3-2-4-11(12)15-13(17)9-18/h2-7,18H,8-9H2,1H3. The molecule has 0 spiro atoms. The molecule has 1 N–H and O–H groups in total. The van der Waals surface area contributed by atoms with Crippen LogP contribution in [0.25, 0.3) is 11.0 Å². The quantitative estimate of drug-likeness (QED) is 0.753. The van der Waals surface area contributed by atoms with E-state index in [9.17, 15) is 5.11 Å². The fraction of sp³-hybridized carbons (Fsp3) is 0.231. The molecule has 3 rings (SSSR count). The van der Waals surface area contributed by atoms with Gasteiger partial charge in [-0.05, 0) is 18.2 Å². The number of hydrogen-bond acceptors (Lipinski definition) is 3. The summed E-state index contributed by atoms with van der Waals surface area (Å²) < 4.78 is 3.85. The number of imidazole rings is 1. The fourth-order valence-corrected chi connectivity index (χ4v) is 2.14. The van der Waals surface area contributed by atoms with Crippen molar-refractivity contribution in [1.82, 2.24) is 19.3 Å². The normalized spacial score (nSPS) is 11.2. The highest BCUT2D eigenvalue weighted by Gasteiger charge is 2.10. The topological polar surface area (TPSA) is 55.9 Å². The van der Waals surface area contributed by atoms with E-state index in [4.69, 9.17) is 0 Å². The highest BCUT2D eigenvalue weighted by Crippen LogP contribution is 2.17. The van der Waals surface area contributed by atoms with Crippen LogP contribution in [-0.2, 0) is 20.2 Å². The van der Waals surface area contributed by atoms with Crippen LogP contribution in [0.3, 0.4) is 0 Å². The van der Waals surface area contributed by atoms with Gasteiger partial charge in [0.05, 0.1) is 23.3 Å². The lowest BCUT2D eigenvalue weighted by molar-refractivity contribution is 0.266. The molecule has 0 aliphatic rings. The number of benzene rings is 1. The minimum atomic E-state index is -0.0630. The number of aliphatic hydroxyl groups excluding tert-OH is 1. The summed E-state index contributed by atoms with van der Waals surface area (Å²) in [6.45, 7) is 0.597. The van der Waals surface area contributed by atoms with Crippen molar-refractivity contribution in [2.75, 3.05) is 0 Å². The number of para-hydroxylation sites is 2. The minimum Gasteiger partial charge on any atom is -0.388 e. The predicted octanol–water partition coefficient (Wildman–Crippen LogP) is 1.31. The second-order valence-corrected chi connectivity index (χ2v) is 4.21. The monoisotopic (exact) mass is 242 g/mol. The molecule has 0 fully saturated rings. The molecule has 2 heterocycles. The number of aliphatic hydroxyl groups is 1. The number of nitrogens with zero attached hydrogens (tertiary/aromatic N) is 4. The number of rotatable bonds is 3. The van der Waals surface area contributed by atoms with Gasteiger partial charge in [0.2, 0.25) is 0 Å². The Morgan fingerprint density at radius 2 is 2.06 bits per heavy atom. The average molecular weight is 242 g/mol. The van der Waals surface area contributed by atoms with Crippen molar-refractivity contribution in [2.24, 2.45) is 7.05 Å². The van der Waals surface area contributed by atoms with Gasteiger partial charge >= 0.3 is 0 Å². The minimum absolute atomic E-state index is 0.0630. The Morgan fingerprint density at radius 3 is 2.78 bits per heavy atom. The van der Waals surface area contributed by atoms with Gasteiger partial charge in [-0.15, -0.1) is 0 Å². The number of aryl methyl sites for hydroxylation is 1. The Balaban J connectivity index is 2.12. The molecule has 0 saturated heterocycles. The van der Waals surface area contributed by atoms with Gasteiger partial charge in [-0.25, -0.2) is 4.98 Å². The van der Waals surface area contributed by atoms with E-state index >= 15 is 0 Å². The molecule has 5 nitrogen and oxygen atoms in total. The Morgan fingerprint density at radius 1 is 1.22 bits per heavy atom. The molecule has 0 bridgehead atoms. The zero-order valence-corrected chi connectivity index (χ0v) is 10.1. The lowest BCUT2D eigenvalue weighted by atomic mass is 10.3. The first kappa shape index (κ1) is 11.0. The summed E-state index contributed by atoms with van der Waals surface area (Å²) in [4.78, 5) is 4.42. The van der Waals surface area contributed by atoms with Crippen LogP contribution in [0, 0.1) is 0 Å². The molecule has 0 amide bonds. The third-order valence-electron chi connectivity index (χ3n) is 3.12. The summed E-state index contributed by atoms with van der Waals surface area (Å²) in [5.41, 5.74) is 3.01. The first-order valence-corrected chi connectivity index (χ1v) is 5.81. The summed E-state index contributed by atoms with van der Waals surface area (Å²) in [5, 5.41) is 13.6. The van der Waals surface area contributed by atoms with E-state index in [1.165, 1.54) is 0 Å². The van der Waals surface area contributed by atoms with Crippen molar-refractivity contribution in [3.63, 3.8) is 0 Å². The SMILES string of the molecule is Cn1nccc1Cn1c(CO)nc2ccccc21. The lowest BCUT2D eigenvalue weighted by Crippen LogP contribution is -2.08. The molecule has 92 valence electrons. The highest BCUT2D eigenvalue weighted by atomic mass is 16.3. The molecule has 3 aromatic rings. The van der Waals surface area contributed by atoms with Gasteiger partial charge in [-0.3, -0.25) is 4.68 Å². The highest BCUT2D eigenvalue weighted by molar-refractivity contribution is 5.75. The van der Waals surface area contributed by atoms with Gasteiger partial charge in [0.15, 0.2) is 0 Å². The molecule has 0 atom stereocenters. The van der Waals surface area contributed by atoms with Crippen LogP contribution < -0.4 is 0 Å². The molecule has 1 aromatic carbocycles. The van der Waals surface area contributed by atoms with Crippen molar-refractivity contribution in [3.8, 4) is 0 Å². The van der Waals surface area contributed by atoms with Crippen LogP contribution >= 0.6 is 0 Å². The van der Waals surface area contributed by atoms with E-state index in [0.717, 1.165) is 16.7 Å². The molecule has 0 unspecified atom stereocenters. The second kappa shape index (κ2) is 4.27. The Bertz CT molecular complexity index is 683. The van der Waals surface area contributed by atoms with Crippen LogP contribution in [0.4, 0.5) is 0 Å². The zero-order chi connectivity index (χ0) is 12.5. The summed E-state index contributed by atoms with van der Waals surface area (Å²) in [7, 11) is 1.91. The molecule has 0 saturated carbocycles. The summed E-state index contributed by atoms with van der Waals surface area (Å²) >= 11 is 0. The molecule has 0 radical (unpaired) electrons. The Labute approximate surface area is 104 Å². The van der Waals surface area contributed by atoms with E-state index < -0.39 is 0 Å². The number of fused-ring (bicyclic) bond motifs is 1. The van der Waals surface area contributed by atoms with Crippen LogP contribution in [-0.4, -0.2) is 24.4 Å². The van der Waals surface area contributed by atoms with Crippen LogP contribution in [0.1, 0.15) is 11.5 Å². The maximum absolute atomic E-state index is 9.41. The molecule has 2 aromatic heterocycles. The fourth-order valence-electron chi connectivity index (χ4n) is 2.14. The lowest BCUT2D eigenvalue weighted by Gasteiger charge is -2.08. The summed E-state index contributed by atoms with van der Waals surface area (Å²) in [6, 6.07) is 9.86. The predicted molar refractivity (Wildman–Crippen MR) is 68.0 cm³/mol. The van der Waals surface area contributed by atoms with E-state index in [2.05, 4.69) is 10.1 Å². The first-order chi connectivity index (χ1) is 8.79. The Kier molecular flexibility index (Phi) is 2.60. The van der Waals surface area contributed by atoms with Crippen molar-refractivity contribution in [3.05, 3.63) is 48.0 Å². The third kappa shape index (κ3) is 1.69. The molecular weight excluding hydrogens is 228 g/mol. The third-order valence-corrected chi connectivity index (χ3v) is 3.12. The van der Waals surface area contributed by atoms with Gasteiger partial charge in [0.25, 0.3) is 0 Å². The van der Waals surface area contributed by atoms with Crippen LogP contribution in [0.15, 0.2) is 36.5 Å². The van der Waals surface area contributed by atoms with Crippen LogP contribution in [0.2, 0.25) is 0 Å². The maximum Gasteiger partial charge on any atom is 0.136 e. The van der Waals surface area contributed by atoms with E-state index in [1.54, 1.807) is 6.20 Å². The van der Waals surface area contributed by atoms with Gasteiger partial charge < -0.3 is 9.67 Å². The largest absolute Gasteiger partial charge is 0.388 e. The number of hydrogen-bond donors (Lipinski definition) is 1. The van der Waals surface area contributed by atoms with E-state index in [0.29, 0.717) is 12.4 Å². The summed E-state index contributed by atoms with van der Waals surface area (Å²) in [6.07, 6.45) is 1.77. The van der Waals surface area contributed by atoms with Gasteiger partial charge in [0, 0.05) is 13.2 Å². The smallest absolute Gasteiger partial charge is 0.136 e. The van der Waals surface area contributed by atoms with Gasteiger partial charge in [0.1, 0.15) is 12.4 Å². The van der Waals surface area contributed by atoms with Crippen molar-refractivity contribution >= 4 is 11.0 Å². The summed E-state index contributed by atoms with van der Waals surface area (Å²) in [5.74, 6) is 0.678. The molecule has 0 aliphatic carbocycles. The van der Waals surface area contributed by atoms with Crippen LogP contribution in [0.5, 0.6) is 0 Å². The van der Waals surface area contributed by atoms with Gasteiger partial charge in [-0.2, -0.15) is 5.10 Å². The molecule has 18 heavy (non-hydrogen) atoms. The number of aromatic nitrogens is 4. The second-order valence-electron chi connectivity index (χ2n) is 4.21. The van der Waals surface area contributed by atoms with Crippen molar-refractivity contribution in [1.29, 1.82) is 0 Å². The van der Waals surface area contributed by atoms with Gasteiger partial charge in [-0.1, -0.05) is 12.1 Å². The van der Waals surface area contributed by atoms with Crippen molar-refractivity contribution < 1.29 is 5.11 Å². The molecule has 0 aliphatic heterocycles. The average Bonchev–Trinajstić information content (AvgIpc) is 2.95.